The molecule has 1 aromatic rings. The number of benzene rings is 1. The summed E-state index contributed by atoms with van der Waals surface area (Å²) in [5.41, 5.74) is 0.416. The van der Waals surface area contributed by atoms with Gasteiger partial charge in [0.2, 0.25) is 5.91 Å². The highest BCUT2D eigenvalue weighted by molar-refractivity contribution is 5.83. The lowest BCUT2D eigenvalue weighted by Gasteiger charge is -2.50. The van der Waals surface area contributed by atoms with Gasteiger partial charge in [-0.1, -0.05) is 39.0 Å². The molecule has 2 aliphatic rings. The normalized spacial score (nSPS) is 21.9. The molecule has 0 aliphatic carbocycles. The smallest absolute Gasteiger partial charge is 0.240 e. The van der Waals surface area contributed by atoms with Crippen molar-refractivity contribution in [2.45, 2.75) is 51.1 Å². The molecule has 3 rings (SSSR count). The van der Waals surface area contributed by atoms with Crippen LogP contribution in [0.2, 0.25) is 0 Å². The molecule has 1 N–H and O–H groups in total. The van der Waals surface area contributed by atoms with E-state index in [9.17, 15) is 9.18 Å². The molecule has 1 aromatic carbocycles. The van der Waals surface area contributed by atoms with Crippen molar-refractivity contribution >= 4 is 5.91 Å². The van der Waals surface area contributed by atoms with Gasteiger partial charge in [0, 0.05) is 37.8 Å². The SMILES string of the molecule is CC(C)C(NC1CCOCC1)C(=O)N1CC(C)(c2ccccc2F)C1. The standard InChI is InChI=1S/C20H29FN2O2/c1-14(2)18(22-15-8-10-25-11-9-15)19(24)23-12-20(3,13-23)16-6-4-5-7-17(16)21/h4-7,14-15,18,22H,8-13H2,1-3H3. The van der Waals surface area contributed by atoms with Gasteiger partial charge in [0.05, 0.1) is 6.04 Å². The van der Waals surface area contributed by atoms with Crippen LogP contribution in [0.25, 0.3) is 0 Å². The lowest BCUT2D eigenvalue weighted by molar-refractivity contribution is -0.142. The Labute approximate surface area is 149 Å². The van der Waals surface area contributed by atoms with Gasteiger partial charge < -0.3 is 15.0 Å². The highest BCUT2D eigenvalue weighted by Gasteiger charge is 2.46. The fourth-order valence-corrected chi connectivity index (χ4v) is 3.94. The number of carbonyl (C=O) groups is 1. The van der Waals surface area contributed by atoms with Gasteiger partial charge in [-0.3, -0.25) is 4.79 Å². The van der Waals surface area contributed by atoms with Gasteiger partial charge in [0.1, 0.15) is 5.82 Å². The number of ether oxygens (including phenoxy) is 1. The highest BCUT2D eigenvalue weighted by Crippen LogP contribution is 2.36. The zero-order valence-corrected chi connectivity index (χ0v) is 15.4. The van der Waals surface area contributed by atoms with Crippen LogP contribution in [0.4, 0.5) is 4.39 Å². The van der Waals surface area contributed by atoms with Crippen molar-refractivity contribution in [3.05, 3.63) is 35.6 Å². The van der Waals surface area contributed by atoms with Crippen molar-refractivity contribution in [1.82, 2.24) is 10.2 Å². The minimum absolute atomic E-state index is 0.135. The Morgan fingerprint density at radius 2 is 1.92 bits per heavy atom. The maximum atomic E-state index is 14.1. The van der Waals surface area contributed by atoms with E-state index >= 15 is 0 Å². The van der Waals surface area contributed by atoms with Gasteiger partial charge >= 0.3 is 0 Å². The van der Waals surface area contributed by atoms with Crippen LogP contribution in [-0.4, -0.2) is 49.2 Å². The van der Waals surface area contributed by atoms with E-state index in [-0.39, 0.29) is 29.1 Å². The molecule has 1 unspecified atom stereocenters. The molecule has 2 saturated heterocycles. The van der Waals surface area contributed by atoms with Crippen molar-refractivity contribution in [3.63, 3.8) is 0 Å². The number of carbonyl (C=O) groups excluding carboxylic acids is 1. The number of amides is 1. The van der Waals surface area contributed by atoms with Crippen LogP contribution < -0.4 is 5.32 Å². The van der Waals surface area contributed by atoms with Crippen molar-refractivity contribution in [2.75, 3.05) is 26.3 Å². The van der Waals surface area contributed by atoms with Crippen LogP contribution in [-0.2, 0) is 14.9 Å². The Balaban J connectivity index is 1.63. The molecule has 4 nitrogen and oxygen atoms in total. The summed E-state index contributed by atoms with van der Waals surface area (Å²) in [5, 5.41) is 3.54. The van der Waals surface area contributed by atoms with Crippen LogP contribution in [0, 0.1) is 11.7 Å². The number of nitrogens with one attached hydrogen (secondary N) is 1. The van der Waals surface area contributed by atoms with Crippen molar-refractivity contribution in [1.29, 1.82) is 0 Å². The number of nitrogens with zero attached hydrogens (tertiary/aromatic N) is 1. The molecule has 0 aromatic heterocycles. The van der Waals surface area contributed by atoms with Crippen molar-refractivity contribution in [2.24, 2.45) is 5.92 Å². The number of hydrogen-bond acceptors (Lipinski definition) is 3. The van der Waals surface area contributed by atoms with Crippen molar-refractivity contribution < 1.29 is 13.9 Å². The second kappa shape index (κ2) is 7.42. The van der Waals surface area contributed by atoms with E-state index < -0.39 is 0 Å². The summed E-state index contributed by atoms with van der Waals surface area (Å²) in [6.07, 6.45) is 1.90. The summed E-state index contributed by atoms with van der Waals surface area (Å²) in [7, 11) is 0. The molecular weight excluding hydrogens is 319 g/mol. The molecule has 1 amide bonds. The Kier molecular flexibility index (Phi) is 5.44. The average Bonchev–Trinajstić information content (AvgIpc) is 2.57. The molecule has 2 heterocycles. The van der Waals surface area contributed by atoms with Crippen LogP contribution >= 0.6 is 0 Å². The molecule has 0 bridgehead atoms. The van der Waals surface area contributed by atoms with Crippen molar-refractivity contribution in [3.8, 4) is 0 Å². The quantitative estimate of drug-likeness (QED) is 0.890. The molecule has 5 heteroatoms. The molecule has 2 aliphatic heterocycles. The summed E-state index contributed by atoms with van der Waals surface area (Å²) >= 11 is 0. The number of likely N-dealkylation sites (tertiary alicyclic amines) is 1. The number of hydrogen-bond donors (Lipinski definition) is 1. The summed E-state index contributed by atoms with van der Waals surface area (Å²) in [6.45, 7) is 8.84. The van der Waals surface area contributed by atoms with Gasteiger partial charge in [-0.2, -0.15) is 0 Å². The number of rotatable bonds is 5. The molecule has 1 atom stereocenters. The van der Waals surface area contributed by atoms with Crippen LogP contribution in [0.15, 0.2) is 24.3 Å². The average molecular weight is 348 g/mol. The Bertz CT molecular complexity index is 607. The van der Waals surface area contributed by atoms with E-state index in [1.165, 1.54) is 6.07 Å². The minimum Gasteiger partial charge on any atom is -0.381 e. The van der Waals surface area contributed by atoms with E-state index in [0.29, 0.717) is 24.7 Å². The summed E-state index contributed by atoms with van der Waals surface area (Å²) in [4.78, 5) is 14.8. The number of halogens is 1. The minimum atomic E-state index is -0.290. The van der Waals surface area contributed by atoms with Gasteiger partial charge in [-0.05, 0) is 30.4 Å². The lowest BCUT2D eigenvalue weighted by atomic mass is 9.74. The summed E-state index contributed by atoms with van der Waals surface area (Å²) in [6, 6.07) is 7.04. The Morgan fingerprint density at radius 3 is 2.52 bits per heavy atom. The first-order chi connectivity index (χ1) is 11.9. The fraction of sp³-hybridized carbons (Fsp3) is 0.650. The lowest BCUT2D eigenvalue weighted by Crippen LogP contribution is -2.64. The Hall–Kier alpha value is -1.46. The second-order valence-corrected chi connectivity index (χ2v) is 8.01. The Morgan fingerprint density at radius 1 is 1.28 bits per heavy atom. The molecule has 0 spiro atoms. The third-order valence-corrected chi connectivity index (χ3v) is 5.48. The van der Waals surface area contributed by atoms with Crippen LogP contribution in [0.3, 0.4) is 0 Å². The van der Waals surface area contributed by atoms with Gasteiger partial charge in [-0.15, -0.1) is 0 Å². The fourth-order valence-electron chi connectivity index (χ4n) is 3.94. The largest absolute Gasteiger partial charge is 0.381 e. The second-order valence-electron chi connectivity index (χ2n) is 8.01. The van der Waals surface area contributed by atoms with E-state index in [1.807, 2.05) is 24.0 Å². The third kappa shape index (κ3) is 3.87. The van der Waals surface area contributed by atoms with E-state index in [1.54, 1.807) is 6.07 Å². The van der Waals surface area contributed by atoms with E-state index in [4.69, 9.17) is 4.74 Å². The third-order valence-electron chi connectivity index (χ3n) is 5.48. The molecule has 25 heavy (non-hydrogen) atoms. The molecule has 2 fully saturated rings. The predicted octanol–water partition coefficient (Wildman–Crippen LogP) is 2.72. The zero-order chi connectivity index (χ0) is 18.0. The first-order valence-corrected chi connectivity index (χ1v) is 9.28. The zero-order valence-electron chi connectivity index (χ0n) is 15.4. The van der Waals surface area contributed by atoms with Gasteiger partial charge in [0.15, 0.2) is 0 Å². The molecule has 138 valence electrons. The maximum Gasteiger partial charge on any atom is 0.240 e. The van der Waals surface area contributed by atoms with E-state index in [0.717, 1.165) is 26.1 Å². The predicted molar refractivity (Wildman–Crippen MR) is 95.9 cm³/mol. The molecule has 0 radical (unpaired) electrons. The maximum absolute atomic E-state index is 14.1. The molecular formula is C20H29FN2O2. The van der Waals surface area contributed by atoms with Gasteiger partial charge in [-0.25, -0.2) is 4.39 Å². The van der Waals surface area contributed by atoms with Gasteiger partial charge in [0.25, 0.3) is 0 Å². The summed E-state index contributed by atoms with van der Waals surface area (Å²) < 4.78 is 19.5. The highest BCUT2D eigenvalue weighted by atomic mass is 19.1. The monoisotopic (exact) mass is 348 g/mol. The topological polar surface area (TPSA) is 41.6 Å². The molecule has 0 saturated carbocycles. The first kappa shape index (κ1) is 18.3. The van der Waals surface area contributed by atoms with Crippen LogP contribution in [0.1, 0.15) is 39.2 Å². The van der Waals surface area contributed by atoms with E-state index in [2.05, 4.69) is 19.2 Å². The summed E-state index contributed by atoms with van der Waals surface area (Å²) in [5.74, 6) is 0.170. The van der Waals surface area contributed by atoms with Crippen LogP contribution in [0.5, 0.6) is 0 Å². The first-order valence-electron chi connectivity index (χ1n) is 9.28.